The van der Waals surface area contributed by atoms with E-state index in [1.54, 1.807) is 20.8 Å². The molecule has 12 heteroatoms. The van der Waals surface area contributed by atoms with Crippen molar-refractivity contribution < 1.29 is 58.9 Å². The summed E-state index contributed by atoms with van der Waals surface area (Å²) in [6, 6.07) is 0. The van der Waals surface area contributed by atoms with Gasteiger partial charge in [-0.05, 0) is 27.2 Å². The lowest BCUT2D eigenvalue weighted by Gasteiger charge is -2.61. The number of fused-ring (bicyclic) bond motifs is 3. The Morgan fingerprint density at radius 3 is 2.38 bits per heavy atom. The van der Waals surface area contributed by atoms with Gasteiger partial charge in [0.05, 0.1) is 72.5 Å². The average molecular weight is 565 g/mol. The molecule has 5 N–H and O–H groups in total. The number of carboxylic acid groups (broad SMARTS) is 1. The molecule has 4 aliphatic carbocycles. The Kier molecular flexibility index (Phi) is 5.85. The lowest BCUT2D eigenvalue weighted by molar-refractivity contribution is -0.281. The largest absolute Gasteiger partial charge is 0.481 e. The van der Waals surface area contributed by atoms with Crippen LogP contribution in [0.3, 0.4) is 0 Å². The maximum atomic E-state index is 13.9. The Hall–Kier alpha value is -1.77. The summed E-state index contributed by atoms with van der Waals surface area (Å²) in [5.41, 5.74) is -2.26. The van der Waals surface area contributed by atoms with E-state index < -0.39 is 113 Å². The smallest absolute Gasteiger partial charge is 0.305 e. The molecule has 0 amide bonds. The molecule has 220 valence electrons. The van der Waals surface area contributed by atoms with E-state index in [0.717, 1.165) is 0 Å². The Labute approximate surface area is 230 Å². The Morgan fingerprint density at radius 1 is 1.00 bits per heavy atom. The highest BCUT2D eigenvalue weighted by Gasteiger charge is 2.98. The van der Waals surface area contributed by atoms with E-state index in [2.05, 4.69) is 0 Å². The molecule has 1 spiro atoms. The first kappa shape index (κ1) is 27.1. The van der Waals surface area contributed by atoms with Crippen LogP contribution in [0.2, 0.25) is 0 Å². The molecule has 7 rings (SSSR count). The first-order valence-corrected chi connectivity index (χ1v) is 14.3. The summed E-state index contributed by atoms with van der Waals surface area (Å²) in [6.45, 7) is 5.03. The van der Waals surface area contributed by atoms with Crippen LogP contribution in [-0.4, -0.2) is 110 Å². The van der Waals surface area contributed by atoms with Crippen LogP contribution in [0.25, 0.3) is 0 Å². The maximum Gasteiger partial charge on any atom is 0.305 e. The number of aliphatic carboxylic acids is 1. The summed E-state index contributed by atoms with van der Waals surface area (Å²) >= 11 is 0. The summed E-state index contributed by atoms with van der Waals surface area (Å²) < 4.78 is 24.0. The van der Waals surface area contributed by atoms with Gasteiger partial charge in [0.15, 0.2) is 17.9 Å². The number of carbonyl (C=O) groups is 3. The van der Waals surface area contributed by atoms with Crippen LogP contribution in [0, 0.1) is 29.1 Å². The molecule has 2 saturated heterocycles. The molecule has 7 aliphatic rings. The van der Waals surface area contributed by atoms with Gasteiger partial charge < -0.3 is 44.5 Å². The monoisotopic (exact) mass is 564 g/mol. The zero-order valence-corrected chi connectivity index (χ0v) is 22.5. The highest BCUT2D eigenvalue weighted by Crippen LogP contribution is 2.82. The highest BCUT2D eigenvalue weighted by atomic mass is 16.7. The van der Waals surface area contributed by atoms with Crippen molar-refractivity contribution in [2.24, 2.45) is 29.1 Å². The predicted octanol–water partition coefficient (Wildman–Crippen LogP) is -0.910. The molecule has 0 aromatic rings. The molecule has 0 aromatic heterocycles. The van der Waals surface area contributed by atoms with E-state index in [9.17, 15) is 39.9 Å². The van der Waals surface area contributed by atoms with Gasteiger partial charge in [-0.25, -0.2) is 0 Å². The quantitative estimate of drug-likeness (QED) is 0.283. The molecular formula is C28H36O12. The summed E-state index contributed by atoms with van der Waals surface area (Å²) in [4.78, 5) is 39.0. The molecule has 5 fully saturated rings. The number of aliphatic hydroxyl groups excluding tert-OH is 3. The van der Waals surface area contributed by atoms with Crippen molar-refractivity contribution in [1.29, 1.82) is 0 Å². The first-order valence-electron chi connectivity index (χ1n) is 14.3. The topological polar surface area (TPSA) is 189 Å². The van der Waals surface area contributed by atoms with E-state index in [1.165, 1.54) is 0 Å². The van der Waals surface area contributed by atoms with Crippen molar-refractivity contribution in [1.82, 2.24) is 0 Å². The zero-order valence-electron chi connectivity index (χ0n) is 22.5. The molecule has 16 atom stereocenters. The average Bonchev–Trinajstić information content (AvgIpc) is 3.37. The summed E-state index contributed by atoms with van der Waals surface area (Å²) in [5, 5.41) is 54.5. The van der Waals surface area contributed by atoms with Crippen molar-refractivity contribution in [3.63, 3.8) is 0 Å². The summed E-state index contributed by atoms with van der Waals surface area (Å²) in [6.07, 6.45) is -7.70. The van der Waals surface area contributed by atoms with Crippen molar-refractivity contribution >= 4 is 17.5 Å². The molecule has 12 nitrogen and oxygen atoms in total. The molecule has 0 radical (unpaired) electrons. The van der Waals surface area contributed by atoms with Crippen molar-refractivity contribution in [3.05, 3.63) is 11.1 Å². The lowest BCUT2D eigenvalue weighted by atomic mass is 9.45. The molecule has 0 bridgehead atoms. The van der Waals surface area contributed by atoms with Gasteiger partial charge in [-0.15, -0.1) is 0 Å². The number of carboxylic acids is 1. The number of rotatable bonds is 4. The molecule has 40 heavy (non-hydrogen) atoms. The van der Waals surface area contributed by atoms with Crippen LogP contribution in [0.5, 0.6) is 0 Å². The van der Waals surface area contributed by atoms with Gasteiger partial charge in [0.1, 0.15) is 11.7 Å². The third-order valence-corrected chi connectivity index (χ3v) is 11.1. The Morgan fingerprint density at radius 2 is 1.70 bits per heavy atom. The van der Waals surface area contributed by atoms with Crippen LogP contribution in [0.15, 0.2) is 11.1 Å². The second kappa shape index (κ2) is 8.63. The molecule has 3 aliphatic heterocycles. The minimum absolute atomic E-state index is 0.0538. The van der Waals surface area contributed by atoms with E-state index >= 15 is 0 Å². The Bertz CT molecular complexity index is 1200. The third-order valence-electron chi connectivity index (χ3n) is 11.1. The lowest BCUT2D eigenvalue weighted by Crippen LogP contribution is -2.73. The van der Waals surface area contributed by atoms with Crippen LogP contribution in [0.4, 0.5) is 0 Å². The molecule has 10 unspecified atom stereocenters. The van der Waals surface area contributed by atoms with E-state index in [4.69, 9.17) is 18.9 Å². The number of carbonyl (C=O) groups excluding carboxylic acids is 2. The van der Waals surface area contributed by atoms with Gasteiger partial charge in [-0.1, -0.05) is 0 Å². The molecular weight excluding hydrogens is 528 g/mol. The van der Waals surface area contributed by atoms with Crippen LogP contribution >= 0.6 is 0 Å². The summed E-state index contributed by atoms with van der Waals surface area (Å²) in [5.74, 6) is -5.95. The standard InChI is InChI=1S/C28H36O12/c1-8-13(29)4-5-15(38-8)40-26-27-20-19(25(27)39-10(3)28(26,27)36)23(34)17-18(24(20)35)22(33)16-9(2)37-11(7-14(30)31)6-12(16)21(17)32/h8-11,13,15,17-20,23-26,29,34-36H,4-7H2,1-3H3,(H,30,31)/t8-,9-,10?,11+,13-,15-,17?,18?,19?,20+,23?,24?,25?,26?,27?,28?/m0/s1. The maximum absolute atomic E-state index is 13.9. The zero-order chi connectivity index (χ0) is 28.6. The van der Waals surface area contributed by atoms with Crippen LogP contribution in [-0.2, 0) is 33.3 Å². The number of hydrogen-bond acceptors (Lipinski definition) is 11. The van der Waals surface area contributed by atoms with Gasteiger partial charge in [-0.2, -0.15) is 0 Å². The van der Waals surface area contributed by atoms with Crippen molar-refractivity contribution in [2.45, 2.75) is 113 Å². The molecule has 0 aromatic carbocycles. The number of Topliss-reactive ketones (excluding diaryl/α,β-unsaturated/α-hetero) is 2. The van der Waals surface area contributed by atoms with Crippen LogP contribution in [0.1, 0.15) is 46.5 Å². The second-order valence-electron chi connectivity index (χ2n) is 12.8. The SMILES string of the molecule is CC1OC2C3C(O)C4C(=O)C5=C(C(=O)C4C(O)[C@@H]3C23C(O[C@H]2CC[C@H](O)[C@H](C)O2)C13O)[C@H](C)O[C@@H](CC(=O)O)C5. The molecule has 3 heterocycles. The van der Waals surface area contributed by atoms with Gasteiger partial charge in [0.25, 0.3) is 0 Å². The van der Waals surface area contributed by atoms with Gasteiger partial charge in [-0.3, -0.25) is 14.4 Å². The van der Waals surface area contributed by atoms with E-state index in [0.29, 0.717) is 12.8 Å². The van der Waals surface area contributed by atoms with Gasteiger partial charge in [0.2, 0.25) is 0 Å². The second-order valence-corrected chi connectivity index (χ2v) is 12.8. The number of aliphatic hydroxyl groups is 4. The number of ketones is 2. The first-order chi connectivity index (χ1) is 18.8. The highest BCUT2D eigenvalue weighted by molar-refractivity contribution is 6.15. The fourth-order valence-electron chi connectivity index (χ4n) is 9.40. The third kappa shape index (κ3) is 3.11. The van der Waals surface area contributed by atoms with E-state index in [1.807, 2.05) is 0 Å². The van der Waals surface area contributed by atoms with Crippen molar-refractivity contribution in [3.8, 4) is 0 Å². The van der Waals surface area contributed by atoms with Gasteiger partial charge >= 0.3 is 5.97 Å². The predicted molar refractivity (Wildman–Crippen MR) is 130 cm³/mol. The molecule has 3 saturated carbocycles. The Balaban J connectivity index is 1.21. The fourth-order valence-corrected chi connectivity index (χ4v) is 9.40. The normalized spacial score (nSPS) is 56.4. The number of ether oxygens (including phenoxy) is 4. The fraction of sp³-hybridized carbons (Fsp3) is 0.821. The summed E-state index contributed by atoms with van der Waals surface area (Å²) in [7, 11) is 0. The minimum Gasteiger partial charge on any atom is -0.481 e. The van der Waals surface area contributed by atoms with E-state index in [-0.39, 0.29) is 24.0 Å². The van der Waals surface area contributed by atoms with Crippen LogP contribution < -0.4 is 0 Å². The minimum atomic E-state index is -1.48. The number of hydrogen-bond donors (Lipinski definition) is 5. The van der Waals surface area contributed by atoms with Gasteiger partial charge in [0, 0.05) is 35.8 Å². The van der Waals surface area contributed by atoms with Crippen molar-refractivity contribution in [2.75, 3.05) is 0 Å².